The average molecular weight is 326 g/mol. The molecule has 0 aliphatic heterocycles. The van der Waals surface area contributed by atoms with Gasteiger partial charge in [-0.25, -0.2) is 0 Å². The lowest BCUT2D eigenvalue weighted by Gasteiger charge is -2.14. The van der Waals surface area contributed by atoms with E-state index in [1.807, 2.05) is 30.3 Å². The third-order valence-electron chi connectivity index (χ3n) is 3.44. The number of para-hydroxylation sites is 1. The van der Waals surface area contributed by atoms with E-state index in [-0.39, 0.29) is 22.5 Å². The highest BCUT2D eigenvalue weighted by molar-refractivity contribution is 7.99. The zero-order valence-corrected chi connectivity index (χ0v) is 12.9. The second kappa shape index (κ2) is 6.66. The molecular weight excluding hydrogens is 312 g/mol. The molecule has 1 atom stereocenters. The first-order valence-corrected chi connectivity index (χ1v) is 7.92. The predicted molar refractivity (Wildman–Crippen MR) is 90.3 cm³/mol. The molecule has 1 N–H and O–H groups in total. The molecule has 0 saturated heterocycles. The molecule has 1 heterocycles. The van der Waals surface area contributed by atoms with Gasteiger partial charge in [-0.2, -0.15) is 0 Å². The van der Waals surface area contributed by atoms with E-state index in [2.05, 4.69) is 4.98 Å². The van der Waals surface area contributed by atoms with Gasteiger partial charge in [0, 0.05) is 21.4 Å². The van der Waals surface area contributed by atoms with Gasteiger partial charge in [0.1, 0.15) is 5.75 Å². The molecule has 23 heavy (non-hydrogen) atoms. The van der Waals surface area contributed by atoms with Crippen molar-refractivity contribution in [3.8, 4) is 5.75 Å². The smallest absolute Gasteiger partial charge is 0.220 e. The van der Waals surface area contributed by atoms with Gasteiger partial charge in [0.05, 0.1) is 10.8 Å². The number of rotatable bonds is 5. The van der Waals surface area contributed by atoms with Gasteiger partial charge in [-0.1, -0.05) is 30.3 Å². The summed E-state index contributed by atoms with van der Waals surface area (Å²) in [4.78, 5) is 16.0. The highest BCUT2D eigenvalue weighted by Crippen LogP contribution is 2.38. The summed E-state index contributed by atoms with van der Waals surface area (Å²) < 4.78 is 0. The number of nitro groups is 1. The number of hydrogen-bond acceptors (Lipinski definition) is 5. The number of pyridine rings is 1. The van der Waals surface area contributed by atoms with Crippen molar-refractivity contribution in [3.05, 3.63) is 76.5 Å². The van der Waals surface area contributed by atoms with Crippen molar-refractivity contribution < 1.29 is 10.0 Å². The van der Waals surface area contributed by atoms with Crippen LogP contribution in [0.3, 0.4) is 0 Å². The maximum absolute atomic E-state index is 11.0. The molecule has 0 fully saturated rings. The van der Waals surface area contributed by atoms with Gasteiger partial charge < -0.3 is 5.11 Å². The van der Waals surface area contributed by atoms with Gasteiger partial charge in [0.15, 0.2) is 0 Å². The third kappa shape index (κ3) is 3.60. The molecule has 0 radical (unpaired) electrons. The number of aromatic nitrogens is 1. The first-order valence-electron chi connectivity index (χ1n) is 7.04. The van der Waals surface area contributed by atoms with E-state index in [0.29, 0.717) is 0 Å². The van der Waals surface area contributed by atoms with Crippen molar-refractivity contribution in [2.45, 2.75) is 10.1 Å². The lowest BCUT2D eigenvalue weighted by Crippen LogP contribution is -2.09. The van der Waals surface area contributed by atoms with Gasteiger partial charge in [-0.05, 0) is 29.8 Å². The summed E-state index contributed by atoms with van der Waals surface area (Å²) in [5.41, 5.74) is 1.64. The van der Waals surface area contributed by atoms with Crippen molar-refractivity contribution in [1.82, 2.24) is 4.98 Å². The van der Waals surface area contributed by atoms with Crippen LogP contribution in [0.15, 0.2) is 65.7 Å². The third-order valence-corrected chi connectivity index (χ3v) is 4.73. The Balaban J connectivity index is 1.97. The summed E-state index contributed by atoms with van der Waals surface area (Å²) in [6, 6.07) is 16.2. The quantitative estimate of drug-likeness (QED) is 0.435. The van der Waals surface area contributed by atoms with Gasteiger partial charge >= 0.3 is 0 Å². The Kier molecular flexibility index (Phi) is 4.43. The van der Waals surface area contributed by atoms with Gasteiger partial charge in [-0.15, -0.1) is 11.8 Å². The molecule has 1 aromatic heterocycles. The summed E-state index contributed by atoms with van der Waals surface area (Å²) in [5.74, 6) is 0.144. The fourth-order valence-electron chi connectivity index (χ4n) is 2.36. The summed E-state index contributed by atoms with van der Waals surface area (Å²) in [6.07, 6.45) is 1.72. The van der Waals surface area contributed by atoms with Gasteiger partial charge in [0.25, 0.3) is 0 Å². The topological polar surface area (TPSA) is 76.3 Å². The monoisotopic (exact) mass is 326 g/mol. The van der Waals surface area contributed by atoms with Crippen LogP contribution in [0.5, 0.6) is 5.75 Å². The second-order valence-electron chi connectivity index (χ2n) is 5.04. The number of phenols is 1. The van der Waals surface area contributed by atoms with Crippen LogP contribution in [0.1, 0.15) is 10.8 Å². The Hall–Kier alpha value is -2.60. The standard InChI is InChI=1S/C17H14N2O3S/c20-14-8-6-12(7-9-14)16(11-19(21)22)23-15-5-1-3-13-4-2-10-18-17(13)15/h1-10,16,20H,11H2. The van der Waals surface area contributed by atoms with E-state index >= 15 is 0 Å². The minimum Gasteiger partial charge on any atom is -0.508 e. The Bertz CT molecular complexity index is 831. The van der Waals surface area contributed by atoms with Crippen molar-refractivity contribution in [2.24, 2.45) is 0 Å². The second-order valence-corrected chi connectivity index (χ2v) is 6.29. The number of aromatic hydroxyl groups is 1. The van der Waals surface area contributed by atoms with Crippen LogP contribution in [0.2, 0.25) is 0 Å². The lowest BCUT2D eigenvalue weighted by molar-refractivity contribution is -0.479. The SMILES string of the molecule is O=[N+]([O-])CC(Sc1cccc2cccnc12)c1ccc(O)cc1. The molecule has 3 rings (SSSR count). The minimum absolute atomic E-state index is 0.144. The molecule has 2 aromatic carbocycles. The molecule has 1 unspecified atom stereocenters. The molecule has 6 heteroatoms. The number of thioether (sulfide) groups is 1. The van der Waals surface area contributed by atoms with Crippen LogP contribution in [0.4, 0.5) is 0 Å². The van der Waals surface area contributed by atoms with Crippen molar-refractivity contribution in [1.29, 1.82) is 0 Å². The zero-order chi connectivity index (χ0) is 16.2. The van der Waals surface area contributed by atoms with Crippen LogP contribution >= 0.6 is 11.8 Å². The molecular formula is C17H14N2O3S. The van der Waals surface area contributed by atoms with Crippen LogP contribution in [0, 0.1) is 10.1 Å². The van der Waals surface area contributed by atoms with E-state index in [1.54, 1.807) is 30.5 Å². The van der Waals surface area contributed by atoms with Crippen LogP contribution < -0.4 is 0 Å². The van der Waals surface area contributed by atoms with E-state index in [9.17, 15) is 15.2 Å². The van der Waals surface area contributed by atoms with Crippen molar-refractivity contribution in [3.63, 3.8) is 0 Å². The van der Waals surface area contributed by atoms with E-state index in [4.69, 9.17) is 0 Å². The Morgan fingerprint density at radius 2 is 1.87 bits per heavy atom. The number of benzene rings is 2. The number of nitrogens with zero attached hydrogens (tertiary/aromatic N) is 2. The Morgan fingerprint density at radius 3 is 2.61 bits per heavy atom. The maximum Gasteiger partial charge on any atom is 0.220 e. The highest BCUT2D eigenvalue weighted by Gasteiger charge is 2.20. The molecule has 0 saturated carbocycles. The Labute approximate surface area is 137 Å². The van der Waals surface area contributed by atoms with E-state index in [1.165, 1.54) is 11.8 Å². The normalized spacial score (nSPS) is 12.2. The number of phenolic OH excluding ortho intramolecular Hbond substituents is 1. The van der Waals surface area contributed by atoms with E-state index < -0.39 is 0 Å². The molecule has 0 amide bonds. The van der Waals surface area contributed by atoms with Crippen LogP contribution in [0.25, 0.3) is 10.9 Å². The number of hydrogen-bond donors (Lipinski definition) is 1. The molecule has 0 aliphatic rings. The Morgan fingerprint density at radius 1 is 1.13 bits per heavy atom. The van der Waals surface area contributed by atoms with Crippen molar-refractivity contribution >= 4 is 22.7 Å². The molecule has 0 aliphatic carbocycles. The van der Waals surface area contributed by atoms with Crippen molar-refractivity contribution in [2.75, 3.05) is 6.54 Å². The molecule has 5 nitrogen and oxygen atoms in total. The fraction of sp³-hybridized carbons (Fsp3) is 0.118. The predicted octanol–water partition coefficient (Wildman–Crippen LogP) is 4.05. The van der Waals surface area contributed by atoms with Crippen LogP contribution in [-0.4, -0.2) is 21.6 Å². The van der Waals surface area contributed by atoms with Gasteiger partial charge in [0.2, 0.25) is 6.54 Å². The largest absolute Gasteiger partial charge is 0.508 e. The molecule has 0 spiro atoms. The molecule has 0 bridgehead atoms. The zero-order valence-electron chi connectivity index (χ0n) is 12.1. The first kappa shape index (κ1) is 15.3. The summed E-state index contributed by atoms with van der Waals surface area (Å²) in [7, 11) is 0. The minimum atomic E-state index is -0.349. The lowest BCUT2D eigenvalue weighted by atomic mass is 10.1. The van der Waals surface area contributed by atoms with E-state index in [0.717, 1.165) is 21.4 Å². The first-order chi connectivity index (χ1) is 11.1. The summed E-state index contributed by atoms with van der Waals surface area (Å²) >= 11 is 1.42. The summed E-state index contributed by atoms with van der Waals surface area (Å²) in [5, 5.41) is 21.1. The fourth-order valence-corrected chi connectivity index (χ4v) is 3.59. The molecule has 116 valence electrons. The summed E-state index contributed by atoms with van der Waals surface area (Å²) in [6.45, 7) is -0.196. The average Bonchev–Trinajstić information content (AvgIpc) is 2.55. The maximum atomic E-state index is 11.0. The van der Waals surface area contributed by atoms with Crippen LogP contribution in [-0.2, 0) is 0 Å². The highest BCUT2D eigenvalue weighted by atomic mass is 32.2. The molecule has 3 aromatic rings. The van der Waals surface area contributed by atoms with Gasteiger partial charge in [-0.3, -0.25) is 15.1 Å². The number of fused-ring (bicyclic) bond motifs is 1.